The first kappa shape index (κ1) is 28.5. The maximum atomic E-state index is 12.6. The van der Waals surface area contributed by atoms with E-state index in [0.29, 0.717) is 0 Å². The van der Waals surface area contributed by atoms with Gasteiger partial charge >= 0.3 is 17.9 Å². The Bertz CT molecular complexity index is 692. The van der Waals surface area contributed by atoms with E-state index in [1.54, 1.807) is 0 Å². The van der Waals surface area contributed by atoms with E-state index >= 15 is 0 Å². The van der Waals surface area contributed by atoms with Crippen LogP contribution in [0, 0.1) is 0 Å². The normalized spacial score (nSPS) is 14.4. The highest BCUT2D eigenvalue weighted by Crippen LogP contribution is 2.05. The molecule has 0 spiro atoms. The number of thiol groups is 2. The van der Waals surface area contributed by atoms with E-state index in [0.717, 1.165) is 0 Å². The van der Waals surface area contributed by atoms with Crippen molar-refractivity contribution in [3.05, 3.63) is 0 Å². The van der Waals surface area contributed by atoms with Gasteiger partial charge in [-0.05, 0) is 12.8 Å². The van der Waals surface area contributed by atoms with Crippen molar-refractivity contribution in [1.29, 1.82) is 0 Å². The van der Waals surface area contributed by atoms with Gasteiger partial charge in [0.2, 0.25) is 17.7 Å². The van der Waals surface area contributed by atoms with E-state index in [9.17, 15) is 28.8 Å². The van der Waals surface area contributed by atoms with Crippen LogP contribution in [0.25, 0.3) is 0 Å². The summed E-state index contributed by atoms with van der Waals surface area (Å²) in [5, 5.41) is 33.3. The Balaban J connectivity index is 5.48. The van der Waals surface area contributed by atoms with Crippen LogP contribution in [0.5, 0.6) is 0 Å². The zero-order chi connectivity index (χ0) is 24.1. The van der Waals surface area contributed by atoms with E-state index in [2.05, 4.69) is 41.2 Å². The van der Waals surface area contributed by atoms with Crippen LogP contribution in [0.3, 0.4) is 0 Å². The second kappa shape index (κ2) is 14.5. The van der Waals surface area contributed by atoms with Crippen LogP contribution >= 0.6 is 25.3 Å². The Hall–Kier alpha value is -2.52. The van der Waals surface area contributed by atoms with Crippen LogP contribution in [0.15, 0.2) is 0 Å². The van der Waals surface area contributed by atoms with Crippen molar-refractivity contribution in [2.75, 3.05) is 11.5 Å². The number of carbonyl (C=O) groups excluding carboxylic acids is 3. The Morgan fingerprint density at radius 2 is 1.06 bits per heavy atom. The molecule has 8 N–H and O–H groups in total. The van der Waals surface area contributed by atoms with Crippen molar-refractivity contribution >= 4 is 60.9 Å². The second-order valence-corrected chi connectivity index (χ2v) is 7.09. The molecule has 31 heavy (non-hydrogen) atoms. The summed E-state index contributed by atoms with van der Waals surface area (Å²) in [6, 6.07) is -5.33. The molecule has 0 rings (SSSR count). The fraction of sp³-hybridized carbons (Fsp3) is 0.625. The Kier molecular flexibility index (Phi) is 13.3. The molecular weight excluding hydrogens is 456 g/mol. The zero-order valence-corrected chi connectivity index (χ0v) is 18.1. The number of carboxylic acid groups (broad SMARTS) is 3. The van der Waals surface area contributed by atoms with Crippen LogP contribution in [0.2, 0.25) is 0 Å². The molecule has 0 aliphatic rings. The summed E-state index contributed by atoms with van der Waals surface area (Å²) < 4.78 is 0. The number of nitrogens with one attached hydrogen (secondary N) is 3. The summed E-state index contributed by atoms with van der Waals surface area (Å²) in [7, 11) is 0. The molecule has 0 aromatic rings. The van der Waals surface area contributed by atoms with Gasteiger partial charge in [0.25, 0.3) is 0 Å². The topological polar surface area (TPSA) is 225 Å². The van der Waals surface area contributed by atoms with E-state index < -0.39 is 72.6 Å². The highest BCUT2D eigenvalue weighted by Gasteiger charge is 2.30. The van der Waals surface area contributed by atoms with Gasteiger partial charge < -0.3 is 37.0 Å². The fourth-order valence-electron chi connectivity index (χ4n) is 2.17. The molecule has 13 nitrogen and oxygen atoms in total. The summed E-state index contributed by atoms with van der Waals surface area (Å²) in [4.78, 5) is 69.8. The smallest absolute Gasteiger partial charge is 0.327 e. The molecule has 0 aliphatic heterocycles. The van der Waals surface area contributed by atoms with Gasteiger partial charge in [0.15, 0.2) is 0 Å². The predicted octanol–water partition coefficient (Wildman–Crippen LogP) is -2.56. The molecular formula is C16H26N4O9S2. The van der Waals surface area contributed by atoms with Crippen molar-refractivity contribution < 1.29 is 44.1 Å². The second-order valence-electron chi connectivity index (χ2n) is 6.36. The highest BCUT2D eigenvalue weighted by atomic mass is 32.1. The number of carbonyl (C=O) groups is 6. The molecule has 4 unspecified atom stereocenters. The molecule has 15 heteroatoms. The molecule has 0 saturated heterocycles. The molecule has 0 saturated carbocycles. The minimum Gasteiger partial charge on any atom is -0.481 e. The van der Waals surface area contributed by atoms with Crippen LogP contribution < -0.4 is 21.7 Å². The molecule has 0 aliphatic carbocycles. The van der Waals surface area contributed by atoms with Crippen molar-refractivity contribution in [3.8, 4) is 0 Å². The van der Waals surface area contributed by atoms with E-state index in [-0.39, 0.29) is 24.3 Å². The minimum atomic E-state index is -1.46. The quantitative estimate of drug-likeness (QED) is 0.111. The Morgan fingerprint density at radius 1 is 0.677 bits per heavy atom. The van der Waals surface area contributed by atoms with Crippen molar-refractivity contribution in [2.45, 2.75) is 49.9 Å². The molecule has 0 aromatic carbocycles. The number of nitrogens with two attached hydrogens (primary N) is 1. The lowest BCUT2D eigenvalue weighted by Gasteiger charge is -2.24. The summed E-state index contributed by atoms with van der Waals surface area (Å²) in [5.41, 5.74) is 5.52. The van der Waals surface area contributed by atoms with Crippen molar-refractivity contribution in [1.82, 2.24) is 16.0 Å². The van der Waals surface area contributed by atoms with Gasteiger partial charge in [-0.25, -0.2) is 4.79 Å². The number of hydrogen-bond donors (Lipinski definition) is 9. The third kappa shape index (κ3) is 11.4. The summed E-state index contributed by atoms with van der Waals surface area (Å²) >= 11 is 7.66. The standard InChI is InChI=1S/C16H26N4O9S2/c17-7(5-30)13(25)18-8(1-3-11(21)22)14(26)19-9(2-4-12(23)24)15(27)20-10(6-31)16(28)29/h7-10,30-31H,1-6,17H2,(H,18,25)(H,19,26)(H,20,27)(H,21,22)(H,23,24)(H,28,29). The lowest BCUT2D eigenvalue weighted by Crippen LogP contribution is -2.57. The molecule has 4 atom stereocenters. The first-order chi connectivity index (χ1) is 14.4. The minimum absolute atomic E-state index is 0.0525. The van der Waals surface area contributed by atoms with Gasteiger partial charge in [-0.1, -0.05) is 0 Å². The monoisotopic (exact) mass is 482 g/mol. The summed E-state index contributed by atoms with van der Waals surface area (Å²) in [6.07, 6.45) is -1.76. The lowest BCUT2D eigenvalue weighted by atomic mass is 10.1. The molecule has 0 bridgehead atoms. The van der Waals surface area contributed by atoms with Crippen LogP contribution in [0.1, 0.15) is 25.7 Å². The number of hydrogen-bond acceptors (Lipinski definition) is 9. The molecule has 0 heterocycles. The SMILES string of the molecule is NC(CS)C(=O)NC(CCC(=O)O)C(=O)NC(CCC(=O)O)C(=O)NC(CS)C(=O)O. The maximum absolute atomic E-state index is 12.6. The van der Waals surface area contributed by atoms with Crippen LogP contribution in [0.4, 0.5) is 0 Å². The summed E-state index contributed by atoms with van der Waals surface area (Å²) in [5.74, 6) is -6.96. The number of carboxylic acids is 3. The molecule has 0 aromatic heterocycles. The largest absolute Gasteiger partial charge is 0.481 e. The molecule has 176 valence electrons. The van der Waals surface area contributed by atoms with Crippen LogP contribution in [-0.4, -0.2) is 86.6 Å². The first-order valence-electron chi connectivity index (χ1n) is 8.97. The third-order valence-electron chi connectivity index (χ3n) is 3.89. The Morgan fingerprint density at radius 3 is 1.39 bits per heavy atom. The average Bonchev–Trinajstić information content (AvgIpc) is 2.70. The first-order valence-corrected chi connectivity index (χ1v) is 10.2. The number of aliphatic carboxylic acids is 3. The van der Waals surface area contributed by atoms with E-state index in [1.807, 2.05) is 0 Å². The van der Waals surface area contributed by atoms with E-state index in [1.165, 1.54) is 0 Å². The van der Waals surface area contributed by atoms with Crippen molar-refractivity contribution in [2.24, 2.45) is 5.73 Å². The van der Waals surface area contributed by atoms with Gasteiger partial charge in [-0.3, -0.25) is 24.0 Å². The Labute approximate surface area is 188 Å². The highest BCUT2D eigenvalue weighted by molar-refractivity contribution is 7.80. The third-order valence-corrected chi connectivity index (χ3v) is 4.65. The molecule has 0 fully saturated rings. The summed E-state index contributed by atoms with van der Waals surface area (Å²) in [6.45, 7) is 0. The van der Waals surface area contributed by atoms with Gasteiger partial charge in [0.05, 0.1) is 6.04 Å². The maximum Gasteiger partial charge on any atom is 0.327 e. The molecule has 0 radical (unpaired) electrons. The predicted molar refractivity (Wildman–Crippen MR) is 113 cm³/mol. The lowest BCUT2D eigenvalue weighted by molar-refractivity contribution is -0.142. The van der Waals surface area contributed by atoms with Gasteiger partial charge in [0.1, 0.15) is 18.1 Å². The number of amides is 3. The average molecular weight is 483 g/mol. The fourth-order valence-corrected chi connectivity index (χ4v) is 2.58. The molecule has 3 amide bonds. The van der Waals surface area contributed by atoms with Gasteiger partial charge in [-0.2, -0.15) is 25.3 Å². The van der Waals surface area contributed by atoms with E-state index in [4.69, 9.17) is 21.1 Å². The van der Waals surface area contributed by atoms with Gasteiger partial charge in [0, 0.05) is 24.3 Å². The van der Waals surface area contributed by atoms with Crippen LogP contribution in [-0.2, 0) is 28.8 Å². The van der Waals surface area contributed by atoms with Gasteiger partial charge in [-0.15, -0.1) is 0 Å². The zero-order valence-electron chi connectivity index (χ0n) is 16.3. The number of rotatable bonds is 15. The van der Waals surface area contributed by atoms with Crippen molar-refractivity contribution in [3.63, 3.8) is 0 Å².